The minimum atomic E-state index is 0.949. The van der Waals surface area contributed by atoms with Crippen LogP contribution < -0.4 is 0 Å². The van der Waals surface area contributed by atoms with Crippen molar-refractivity contribution in [2.45, 2.75) is 6.92 Å². The van der Waals surface area contributed by atoms with E-state index in [4.69, 9.17) is 0 Å². The maximum atomic E-state index is 4.12. The van der Waals surface area contributed by atoms with Gasteiger partial charge in [0, 0.05) is 6.20 Å². The average molecular weight is 132 g/mol. The van der Waals surface area contributed by atoms with Crippen LogP contribution in [0.1, 0.15) is 12.6 Å². The maximum absolute atomic E-state index is 4.12. The zero-order chi connectivity index (χ0) is 7.40. The quantitative estimate of drug-likeness (QED) is 0.571. The number of allylic oxidation sites excluding steroid dienone is 2. The van der Waals surface area contributed by atoms with Crippen molar-refractivity contribution < 1.29 is 0 Å². The van der Waals surface area contributed by atoms with Gasteiger partial charge in [-0.05, 0) is 31.6 Å². The Balaban J connectivity index is 2.96. The van der Waals surface area contributed by atoms with E-state index in [1.807, 2.05) is 31.2 Å². The van der Waals surface area contributed by atoms with Crippen LogP contribution in [0.15, 0.2) is 30.5 Å². The van der Waals surface area contributed by atoms with Gasteiger partial charge in [-0.1, -0.05) is 12.1 Å². The number of nitrogens with zero attached hydrogens (tertiary/aromatic N) is 1. The molecule has 0 N–H and O–H groups in total. The molecule has 1 aromatic rings. The van der Waals surface area contributed by atoms with Gasteiger partial charge < -0.3 is 0 Å². The fourth-order valence-corrected chi connectivity index (χ4v) is 0.701. The molecule has 0 atom stereocenters. The van der Waals surface area contributed by atoms with Gasteiger partial charge in [-0.3, -0.25) is 4.98 Å². The summed E-state index contributed by atoms with van der Waals surface area (Å²) in [5.74, 6) is 0. The molecule has 0 amide bonds. The first kappa shape index (κ1) is 7.00. The molecule has 1 aromatic heterocycles. The highest BCUT2D eigenvalue weighted by Gasteiger charge is 1.90. The summed E-state index contributed by atoms with van der Waals surface area (Å²) in [6.07, 6.45) is 3.71. The summed E-state index contributed by atoms with van der Waals surface area (Å²) in [6, 6.07) is 5.80. The molecule has 0 spiro atoms. The fraction of sp³-hybridized carbons (Fsp3) is 0.111. The van der Waals surface area contributed by atoms with Crippen molar-refractivity contribution in [1.29, 1.82) is 0 Å². The highest BCUT2D eigenvalue weighted by Crippen LogP contribution is 2.07. The molecule has 10 heavy (non-hydrogen) atoms. The first-order chi connectivity index (χ1) is 4.84. The van der Waals surface area contributed by atoms with Gasteiger partial charge in [-0.2, -0.15) is 0 Å². The SMILES string of the molecule is [CH2]/C(=C/C)c1ccccn1. The van der Waals surface area contributed by atoms with E-state index in [-0.39, 0.29) is 0 Å². The number of hydrogen-bond donors (Lipinski definition) is 0. The van der Waals surface area contributed by atoms with E-state index in [1.165, 1.54) is 0 Å². The van der Waals surface area contributed by atoms with E-state index >= 15 is 0 Å². The van der Waals surface area contributed by atoms with Gasteiger partial charge in [0.1, 0.15) is 0 Å². The molecule has 0 bridgehead atoms. The number of aromatic nitrogens is 1. The topological polar surface area (TPSA) is 12.9 Å². The average Bonchev–Trinajstić information content (AvgIpc) is 2.05. The van der Waals surface area contributed by atoms with E-state index in [0.29, 0.717) is 0 Å². The normalized spacial score (nSPS) is 11.6. The molecule has 0 aliphatic carbocycles. The molecular weight excluding hydrogens is 122 g/mol. The summed E-state index contributed by atoms with van der Waals surface area (Å²) in [6.45, 7) is 5.78. The van der Waals surface area contributed by atoms with Gasteiger partial charge in [-0.25, -0.2) is 0 Å². The highest BCUT2D eigenvalue weighted by atomic mass is 14.7. The van der Waals surface area contributed by atoms with Gasteiger partial charge in [0.15, 0.2) is 0 Å². The third-order valence-electron chi connectivity index (χ3n) is 1.34. The summed E-state index contributed by atoms with van der Waals surface area (Å²) < 4.78 is 0. The lowest BCUT2D eigenvalue weighted by molar-refractivity contribution is 1.28. The van der Waals surface area contributed by atoms with Crippen LogP contribution in [0.4, 0.5) is 0 Å². The maximum Gasteiger partial charge on any atom is 0.0658 e. The van der Waals surface area contributed by atoms with Crippen molar-refractivity contribution in [2.24, 2.45) is 0 Å². The van der Waals surface area contributed by atoms with Crippen molar-refractivity contribution in [3.8, 4) is 0 Å². The monoisotopic (exact) mass is 132 g/mol. The Labute approximate surface area is 61.4 Å². The van der Waals surface area contributed by atoms with Crippen molar-refractivity contribution in [3.05, 3.63) is 43.1 Å². The second kappa shape index (κ2) is 3.16. The minimum Gasteiger partial charge on any atom is -0.257 e. The summed E-state index contributed by atoms with van der Waals surface area (Å²) in [4.78, 5) is 4.12. The molecule has 1 heterocycles. The van der Waals surface area contributed by atoms with Crippen LogP contribution in [-0.2, 0) is 0 Å². The van der Waals surface area contributed by atoms with E-state index in [1.54, 1.807) is 6.20 Å². The van der Waals surface area contributed by atoms with Crippen LogP contribution in [0, 0.1) is 6.92 Å². The van der Waals surface area contributed by atoms with E-state index in [0.717, 1.165) is 11.3 Å². The number of rotatable bonds is 1. The Morgan fingerprint density at radius 2 is 2.40 bits per heavy atom. The molecule has 0 aliphatic rings. The Morgan fingerprint density at radius 1 is 1.60 bits per heavy atom. The van der Waals surface area contributed by atoms with Gasteiger partial charge in [-0.15, -0.1) is 0 Å². The summed E-state index contributed by atoms with van der Waals surface area (Å²) >= 11 is 0. The lowest BCUT2D eigenvalue weighted by Crippen LogP contribution is -1.82. The fourth-order valence-electron chi connectivity index (χ4n) is 0.701. The van der Waals surface area contributed by atoms with Crippen LogP contribution in [-0.4, -0.2) is 4.98 Å². The van der Waals surface area contributed by atoms with E-state index in [2.05, 4.69) is 11.9 Å². The van der Waals surface area contributed by atoms with Crippen LogP contribution in [0.25, 0.3) is 5.57 Å². The van der Waals surface area contributed by atoms with Gasteiger partial charge in [0.25, 0.3) is 0 Å². The molecular formula is C9H10N. The second-order valence-electron chi connectivity index (χ2n) is 2.03. The predicted octanol–water partition coefficient (Wildman–Crippen LogP) is 2.32. The molecule has 0 aliphatic heterocycles. The first-order valence-electron chi connectivity index (χ1n) is 3.24. The molecule has 0 saturated carbocycles. The van der Waals surface area contributed by atoms with Crippen LogP contribution in [0.2, 0.25) is 0 Å². The van der Waals surface area contributed by atoms with Gasteiger partial charge in [0.05, 0.1) is 5.69 Å². The standard InChI is InChI=1S/C9H10N/c1-3-8(2)9-6-4-5-7-10-9/h3-7H,2H2,1H3/b8-3-. The van der Waals surface area contributed by atoms with Crippen LogP contribution in [0.5, 0.6) is 0 Å². The Hall–Kier alpha value is -1.11. The molecule has 1 rings (SSSR count). The van der Waals surface area contributed by atoms with Crippen molar-refractivity contribution in [1.82, 2.24) is 4.98 Å². The molecule has 0 aromatic carbocycles. The minimum absolute atomic E-state index is 0.949. The summed E-state index contributed by atoms with van der Waals surface area (Å²) in [5.41, 5.74) is 1.92. The number of hydrogen-bond acceptors (Lipinski definition) is 1. The third kappa shape index (κ3) is 1.44. The van der Waals surface area contributed by atoms with Crippen molar-refractivity contribution >= 4 is 5.57 Å². The Kier molecular flexibility index (Phi) is 2.21. The molecule has 0 unspecified atom stereocenters. The summed E-state index contributed by atoms with van der Waals surface area (Å²) in [7, 11) is 0. The first-order valence-corrected chi connectivity index (χ1v) is 3.24. The molecule has 1 heteroatoms. The Morgan fingerprint density at radius 3 is 2.90 bits per heavy atom. The Bertz CT molecular complexity index is 224. The molecule has 51 valence electrons. The van der Waals surface area contributed by atoms with Crippen LogP contribution in [0.3, 0.4) is 0 Å². The molecule has 0 fully saturated rings. The van der Waals surface area contributed by atoms with E-state index in [9.17, 15) is 0 Å². The smallest absolute Gasteiger partial charge is 0.0658 e. The van der Waals surface area contributed by atoms with Gasteiger partial charge >= 0.3 is 0 Å². The van der Waals surface area contributed by atoms with Gasteiger partial charge in [0.2, 0.25) is 0 Å². The zero-order valence-corrected chi connectivity index (χ0v) is 6.04. The van der Waals surface area contributed by atoms with Crippen molar-refractivity contribution in [3.63, 3.8) is 0 Å². The molecule has 0 saturated heterocycles. The zero-order valence-electron chi connectivity index (χ0n) is 6.04. The second-order valence-corrected chi connectivity index (χ2v) is 2.03. The third-order valence-corrected chi connectivity index (χ3v) is 1.34. The largest absolute Gasteiger partial charge is 0.257 e. The lowest BCUT2D eigenvalue weighted by Gasteiger charge is -1.95. The predicted molar refractivity (Wildman–Crippen MR) is 43.2 cm³/mol. The molecule has 1 radical (unpaired) electrons. The van der Waals surface area contributed by atoms with Crippen molar-refractivity contribution in [2.75, 3.05) is 0 Å². The lowest BCUT2D eigenvalue weighted by atomic mass is 10.2. The van der Waals surface area contributed by atoms with Crippen LogP contribution >= 0.6 is 0 Å². The summed E-state index contributed by atoms with van der Waals surface area (Å²) in [5, 5.41) is 0. The number of pyridine rings is 1. The molecule has 1 nitrogen and oxygen atoms in total. The van der Waals surface area contributed by atoms with E-state index < -0.39 is 0 Å². The highest BCUT2D eigenvalue weighted by molar-refractivity contribution is 5.64.